The van der Waals surface area contributed by atoms with Crippen molar-refractivity contribution in [3.63, 3.8) is 0 Å². The van der Waals surface area contributed by atoms with Gasteiger partial charge in [0.2, 0.25) is 5.76 Å². The Hall–Kier alpha value is -1.76. The summed E-state index contributed by atoms with van der Waals surface area (Å²) in [6, 6.07) is 1.55. The third kappa shape index (κ3) is 1.86. The number of carbonyl (C=O) groups is 1. The number of carbonyl (C=O) groups excluding carboxylic acids is 1. The number of aryl methyl sites for hydroxylation is 1. The van der Waals surface area contributed by atoms with E-state index in [9.17, 15) is 4.79 Å². The van der Waals surface area contributed by atoms with E-state index in [-0.39, 0.29) is 18.2 Å². The van der Waals surface area contributed by atoms with Crippen LogP contribution in [0.1, 0.15) is 16.2 Å². The van der Waals surface area contributed by atoms with Crippen LogP contribution >= 0.6 is 0 Å². The molecule has 0 atom stereocenters. The van der Waals surface area contributed by atoms with E-state index in [4.69, 9.17) is 10.9 Å². The van der Waals surface area contributed by atoms with Gasteiger partial charge in [-0.05, 0) is 6.92 Å². The average Bonchev–Trinajstić information content (AvgIpc) is 2.47. The summed E-state index contributed by atoms with van der Waals surface area (Å²) in [6.45, 7) is 1.93. The molecule has 0 aromatic carbocycles. The highest BCUT2D eigenvalue weighted by molar-refractivity contribution is 5.91. The van der Waals surface area contributed by atoms with Gasteiger partial charge >= 0.3 is 0 Å². The van der Waals surface area contributed by atoms with E-state index in [1.807, 2.05) is 0 Å². The van der Waals surface area contributed by atoms with Gasteiger partial charge in [0, 0.05) is 6.07 Å². The molecule has 12 heavy (non-hydrogen) atoms. The zero-order chi connectivity index (χ0) is 8.97. The fraction of sp³-hybridized carbons (Fsp3) is 0.250. The highest BCUT2D eigenvalue weighted by Crippen LogP contribution is 2.00. The second kappa shape index (κ2) is 3.58. The Balaban J connectivity index is 2.61. The van der Waals surface area contributed by atoms with Gasteiger partial charge in [-0.1, -0.05) is 11.1 Å². The quantitative estimate of drug-likeness (QED) is 0.641. The van der Waals surface area contributed by atoms with Crippen LogP contribution in [-0.4, -0.2) is 17.6 Å². The third-order valence-corrected chi connectivity index (χ3v) is 1.20. The molecule has 1 aromatic rings. The van der Waals surface area contributed by atoms with Crippen molar-refractivity contribution in [2.75, 3.05) is 6.54 Å². The Kier molecular flexibility index (Phi) is 2.49. The molecule has 0 spiro atoms. The molecule has 0 saturated heterocycles. The van der Waals surface area contributed by atoms with Crippen LogP contribution in [0, 0.1) is 19.3 Å². The topological polar surface area (TPSA) is 55.1 Å². The first-order chi connectivity index (χ1) is 5.74. The molecule has 0 saturated carbocycles. The van der Waals surface area contributed by atoms with Gasteiger partial charge < -0.3 is 9.84 Å². The normalized spacial score (nSPS) is 9.00. The number of hydrogen-bond acceptors (Lipinski definition) is 3. The number of hydrogen-bond donors (Lipinski definition) is 1. The zero-order valence-electron chi connectivity index (χ0n) is 6.63. The maximum atomic E-state index is 11.1. The molecular weight excluding hydrogens is 156 g/mol. The molecule has 1 N–H and O–H groups in total. The Morgan fingerprint density at radius 3 is 3.17 bits per heavy atom. The van der Waals surface area contributed by atoms with Crippen LogP contribution in [0.25, 0.3) is 0 Å². The summed E-state index contributed by atoms with van der Waals surface area (Å²) in [7, 11) is 0. The highest BCUT2D eigenvalue weighted by atomic mass is 16.5. The zero-order valence-corrected chi connectivity index (χ0v) is 6.63. The molecule has 1 amide bonds. The van der Waals surface area contributed by atoms with Crippen LogP contribution < -0.4 is 5.32 Å². The molecule has 0 aliphatic heterocycles. The van der Waals surface area contributed by atoms with Crippen molar-refractivity contribution in [3.05, 3.63) is 17.5 Å². The van der Waals surface area contributed by atoms with Crippen LogP contribution in [0.15, 0.2) is 10.6 Å². The van der Waals surface area contributed by atoms with Crippen LogP contribution in [0.3, 0.4) is 0 Å². The predicted molar refractivity (Wildman–Crippen MR) is 42.4 cm³/mol. The van der Waals surface area contributed by atoms with E-state index in [1.54, 1.807) is 13.0 Å². The van der Waals surface area contributed by atoms with Gasteiger partial charge in [-0.3, -0.25) is 4.79 Å². The summed E-state index contributed by atoms with van der Waals surface area (Å²) >= 11 is 0. The SMILES string of the molecule is C#CCNC(=O)c1cc(C)no1. The van der Waals surface area contributed by atoms with E-state index in [0.717, 1.165) is 0 Å². The van der Waals surface area contributed by atoms with Gasteiger partial charge in [0.15, 0.2) is 0 Å². The molecule has 4 nitrogen and oxygen atoms in total. The van der Waals surface area contributed by atoms with Crippen molar-refractivity contribution < 1.29 is 9.32 Å². The summed E-state index contributed by atoms with van der Waals surface area (Å²) in [5, 5.41) is 6.01. The van der Waals surface area contributed by atoms with Gasteiger partial charge in [0.05, 0.1) is 12.2 Å². The minimum Gasteiger partial charge on any atom is -0.351 e. The fourth-order valence-corrected chi connectivity index (χ4v) is 0.689. The summed E-state index contributed by atoms with van der Waals surface area (Å²) in [5.41, 5.74) is 0.667. The Morgan fingerprint density at radius 1 is 1.92 bits per heavy atom. The molecule has 0 aliphatic carbocycles. The Labute approximate surface area is 69.9 Å². The largest absolute Gasteiger partial charge is 0.351 e. The lowest BCUT2D eigenvalue weighted by Gasteiger charge is -1.93. The number of nitrogens with zero attached hydrogens (tertiary/aromatic N) is 1. The smallest absolute Gasteiger partial charge is 0.290 e. The maximum absolute atomic E-state index is 11.1. The van der Waals surface area contributed by atoms with Crippen LogP contribution in [0.2, 0.25) is 0 Å². The highest BCUT2D eigenvalue weighted by Gasteiger charge is 2.09. The second-order valence-electron chi connectivity index (χ2n) is 2.22. The van der Waals surface area contributed by atoms with Gasteiger partial charge in [0.25, 0.3) is 5.91 Å². The number of rotatable bonds is 2. The number of nitrogens with one attached hydrogen (secondary N) is 1. The van der Waals surface area contributed by atoms with E-state index >= 15 is 0 Å². The minimum atomic E-state index is -0.339. The second-order valence-corrected chi connectivity index (χ2v) is 2.22. The van der Waals surface area contributed by atoms with Crippen molar-refractivity contribution in [3.8, 4) is 12.3 Å². The Morgan fingerprint density at radius 2 is 2.67 bits per heavy atom. The standard InChI is InChI=1S/C8H8N2O2/c1-3-4-9-8(11)7-5-6(2)10-12-7/h1,5H,4H2,2H3,(H,9,11). The van der Waals surface area contributed by atoms with Gasteiger partial charge in [0.1, 0.15) is 0 Å². The minimum absolute atomic E-state index is 0.183. The van der Waals surface area contributed by atoms with Gasteiger partial charge in [-0.2, -0.15) is 0 Å². The average molecular weight is 164 g/mol. The summed E-state index contributed by atoms with van der Waals surface area (Å²) in [5.74, 6) is 2.12. The lowest BCUT2D eigenvalue weighted by Crippen LogP contribution is -2.22. The molecule has 0 bridgehead atoms. The molecule has 1 rings (SSSR count). The molecule has 0 radical (unpaired) electrons. The molecule has 1 aromatic heterocycles. The number of terminal acetylenes is 1. The molecule has 1 heterocycles. The summed E-state index contributed by atoms with van der Waals surface area (Å²) < 4.78 is 4.69. The first kappa shape index (κ1) is 8.34. The summed E-state index contributed by atoms with van der Waals surface area (Å²) in [4.78, 5) is 11.1. The van der Waals surface area contributed by atoms with Crippen LogP contribution in [0.5, 0.6) is 0 Å². The van der Waals surface area contributed by atoms with E-state index < -0.39 is 0 Å². The molecule has 0 unspecified atom stereocenters. The fourth-order valence-electron chi connectivity index (χ4n) is 0.689. The maximum Gasteiger partial charge on any atom is 0.290 e. The van der Waals surface area contributed by atoms with E-state index in [0.29, 0.717) is 5.69 Å². The Bertz CT molecular complexity index is 322. The molecular formula is C8H8N2O2. The van der Waals surface area contributed by atoms with E-state index in [2.05, 4.69) is 16.4 Å². The molecule has 0 fully saturated rings. The predicted octanol–water partition coefficient (Wildman–Crippen LogP) is 0.346. The molecule has 62 valence electrons. The molecule has 4 heteroatoms. The lowest BCUT2D eigenvalue weighted by molar-refractivity contribution is 0.0922. The summed E-state index contributed by atoms with van der Waals surface area (Å²) in [6.07, 6.45) is 4.95. The van der Waals surface area contributed by atoms with Crippen molar-refractivity contribution in [2.24, 2.45) is 0 Å². The van der Waals surface area contributed by atoms with Crippen molar-refractivity contribution >= 4 is 5.91 Å². The lowest BCUT2D eigenvalue weighted by atomic mass is 10.4. The van der Waals surface area contributed by atoms with Crippen molar-refractivity contribution in [1.29, 1.82) is 0 Å². The van der Waals surface area contributed by atoms with Gasteiger partial charge in [-0.15, -0.1) is 6.42 Å². The number of amides is 1. The van der Waals surface area contributed by atoms with Crippen molar-refractivity contribution in [1.82, 2.24) is 10.5 Å². The number of aromatic nitrogens is 1. The molecule has 0 aliphatic rings. The van der Waals surface area contributed by atoms with E-state index in [1.165, 1.54) is 0 Å². The monoisotopic (exact) mass is 164 g/mol. The van der Waals surface area contributed by atoms with Gasteiger partial charge in [-0.25, -0.2) is 0 Å². The van der Waals surface area contributed by atoms with Crippen LogP contribution in [0.4, 0.5) is 0 Å². The van der Waals surface area contributed by atoms with Crippen molar-refractivity contribution in [2.45, 2.75) is 6.92 Å². The third-order valence-electron chi connectivity index (χ3n) is 1.20. The first-order valence-corrected chi connectivity index (χ1v) is 3.39. The van der Waals surface area contributed by atoms with Crippen LogP contribution in [-0.2, 0) is 0 Å². The first-order valence-electron chi connectivity index (χ1n) is 3.39.